The zero-order valence-corrected chi connectivity index (χ0v) is 16.9. The van der Waals surface area contributed by atoms with Crippen LogP contribution in [0.4, 0.5) is 0 Å². The summed E-state index contributed by atoms with van der Waals surface area (Å²) in [6.07, 6.45) is 2.97. The molecule has 0 spiro atoms. The lowest BCUT2D eigenvalue weighted by Crippen LogP contribution is -2.26. The number of thiophene rings is 1. The van der Waals surface area contributed by atoms with E-state index in [1.54, 1.807) is 4.57 Å². The molecule has 1 atom stereocenters. The van der Waals surface area contributed by atoms with Crippen LogP contribution in [0.5, 0.6) is 0 Å². The molecule has 2 N–H and O–H groups in total. The van der Waals surface area contributed by atoms with Gasteiger partial charge in [0.25, 0.3) is 5.56 Å². The first-order chi connectivity index (χ1) is 13.1. The lowest BCUT2D eigenvalue weighted by molar-refractivity contribution is -0.121. The van der Waals surface area contributed by atoms with E-state index in [0.29, 0.717) is 22.4 Å². The van der Waals surface area contributed by atoms with Crippen LogP contribution < -0.4 is 10.9 Å². The first kappa shape index (κ1) is 19.5. The number of carbonyl (C=O) groups is 1. The van der Waals surface area contributed by atoms with Crippen molar-refractivity contribution in [2.45, 2.75) is 45.2 Å². The van der Waals surface area contributed by atoms with Crippen molar-refractivity contribution in [2.75, 3.05) is 0 Å². The Hall–Kier alpha value is -2.25. The average Bonchev–Trinajstić information content (AvgIpc) is 3.13. The Morgan fingerprint density at radius 2 is 2.00 bits per heavy atom. The van der Waals surface area contributed by atoms with Gasteiger partial charge in [0.2, 0.25) is 5.91 Å². The van der Waals surface area contributed by atoms with Gasteiger partial charge in [-0.2, -0.15) is 0 Å². The van der Waals surface area contributed by atoms with Crippen molar-refractivity contribution in [1.82, 2.24) is 14.9 Å². The van der Waals surface area contributed by atoms with Gasteiger partial charge < -0.3 is 10.3 Å². The molecule has 3 rings (SSSR count). The van der Waals surface area contributed by atoms with Gasteiger partial charge in [0.1, 0.15) is 4.70 Å². The van der Waals surface area contributed by atoms with E-state index in [-0.39, 0.29) is 17.5 Å². The number of H-pyrrole nitrogens is 1. The molecule has 0 radical (unpaired) electrons. The van der Waals surface area contributed by atoms with E-state index in [9.17, 15) is 9.59 Å². The van der Waals surface area contributed by atoms with Crippen molar-refractivity contribution in [1.29, 1.82) is 0 Å². The number of hydrogen-bond donors (Lipinski definition) is 2. The van der Waals surface area contributed by atoms with Crippen LogP contribution in [-0.2, 0) is 11.3 Å². The highest BCUT2D eigenvalue weighted by molar-refractivity contribution is 7.71. The number of nitrogens with zero attached hydrogens (tertiary/aromatic N) is 1. The van der Waals surface area contributed by atoms with Crippen molar-refractivity contribution in [3.05, 3.63) is 62.5 Å². The van der Waals surface area contributed by atoms with Crippen molar-refractivity contribution >= 4 is 39.7 Å². The Balaban J connectivity index is 1.44. The third-order valence-corrected chi connectivity index (χ3v) is 5.78. The summed E-state index contributed by atoms with van der Waals surface area (Å²) in [5.74, 6) is 0.0563. The zero-order valence-electron chi connectivity index (χ0n) is 15.2. The lowest BCUT2D eigenvalue weighted by Gasteiger charge is -2.14. The molecule has 0 aliphatic heterocycles. The molecular formula is C20H23N3O2S2. The first-order valence-electron chi connectivity index (χ1n) is 9.11. The summed E-state index contributed by atoms with van der Waals surface area (Å²) in [6, 6.07) is 11.8. The largest absolute Gasteiger partial charge is 0.350 e. The smallest absolute Gasteiger partial charge is 0.272 e. The summed E-state index contributed by atoms with van der Waals surface area (Å²) < 4.78 is 2.78. The van der Waals surface area contributed by atoms with E-state index in [2.05, 4.69) is 10.3 Å². The minimum absolute atomic E-state index is 0.00751. The van der Waals surface area contributed by atoms with Gasteiger partial charge in [-0.1, -0.05) is 36.8 Å². The second-order valence-electron chi connectivity index (χ2n) is 6.56. The number of aromatic amines is 1. The van der Waals surface area contributed by atoms with E-state index in [1.807, 2.05) is 48.7 Å². The van der Waals surface area contributed by atoms with Crippen LogP contribution in [0.1, 0.15) is 44.2 Å². The molecule has 7 heteroatoms. The molecule has 0 aliphatic rings. The van der Waals surface area contributed by atoms with E-state index in [4.69, 9.17) is 12.2 Å². The third kappa shape index (κ3) is 4.93. The molecule has 0 fully saturated rings. The molecule has 2 heterocycles. The maximum atomic E-state index is 12.5. The molecule has 27 heavy (non-hydrogen) atoms. The van der Waals surface area contributed by atoms with Gasteiger partial charge in [-0.05, 0) is 49.0 Å². The SMILES string of the molecule is CC(NC(=O)CCCCCn1c(=S)[nH]c2ccsc2c1=O)c1ccccc1. The highest BCUT2D eigenvalue weighted by atomic mass is 32.1. The minimum Gasteiger partial charge on any atom is -0.350 e. The Bertz CT molecular complexity index is 1020. The Morgan fingerprint density at radius 3 is 2.78 bits per heavy atom. The van der Waals surface area contributed by atoms with Crippen LogP contribution >= 0.6 is 23.6 Å². The van der Waals surface area contributed by atoms with Crippen molar-refractivity contribution in [3.8, 4) is 0 Å². The molecule has 5 nitrogen and oxygen atoms in total. The van der Waals surface area contributed by atoms with Crippen LogP contribution in [0.25, 0.3) is 10.2 Å². The van der Waals surface area contributed by atoms with Crippen LogP contribution in [0.2, 0.25) is 0 Å². The average molecular weight is 402 g/mol. The maximum absolute atomic E-state index is 12.5. The summed E-state index contributed by atoms with van der Waals surface area (Å²) in [7, 11) is 0. The number of unbranched alkanes of at least 4 members (excludes halogenated alkanes) is 2. The molecular weight excluding hydrogens is 378 g/mol. The van der Waals surface area contributed by atoms with Gasteiger partial charge in [-0.3, -0.25) is 14.2 Å². The van der Waals surface area contributed by atoms with Gasteiger partial charge in [-0.15, -0.1) is 11.3 Å². The molecule has 2 aromatic heterocycles. The van der Waals surface area contributed by atoms with E-state index >= 15 is 0 Å². The first-order valence-corrected chi connectivity index (χ1v) is 10.4. The molecule has 0 saturated heterocycles. The normalized spacial score (nSPS) is 12.2. The summed E-state index contributed by atoms with van der Waals surface area (Å²) >= 11 is 6.72. The number of amides is 1. The second-order valence-corrected chi connectivity index (χ2v) is 7.86. The number of carbonyl (C=O) groups excluding carboxylic acids is 1. The fourth-order valence-corrected chi connectivity index (χ4v) is 4.13. The number of nitrogens with one attached hydrogen (secondary N) is 2. The van der Waals surface area contributed by atoms with Crippen LogP contribution in [0, 0.1) is 4.77 Å². The monoisotopic (exact) mass is 401 g/mol. The summed E-state index contributed by atoms with van der Waals surface area (Å²) in [6.45, 7) is 2.56. The predicted octanol–water partition coefficient (Wildman–Crippen LogP) is 4.56. The number of fused-ring (bicyclic) bond motifs is 1. The zero-order chi connectivity index (χ0) is 19.2. The summed E-state index contributed by atoms with van der Waals surface area (Å²) in [5.41, 5.74) is 1.87. The molecule has 0 saturated carbocycles. The van der Waals surface area contributed by atoms with Gasteiger partial charge in [-0.25, -0.2) is 0 Å². The Labute approximate surface area is 167 Å². The highest BCUT2D eigenvalue weighted by Gasteiger charge is 2.09. The predicted molar refractivity (Wildman–Crippen MR) is 113 cm³/mol. The standard InChI is InChI=1S/C20H23N3O2S2/c1-14(15-8-4-2-5-9-15)21-17(24)10-6-3-7-12-23-19(25)18-16(11-13-27-18)22-20(23)26/h2,4-5,8-9,11,13-14H,3,6-7,10,12H2,1H3,(H,21,24)(H,22,26). The molecule has 1 unspecified atom stereocenters. The van der Waals surface area contributed by atoms with Crippen LogP contribution in [0.15, 0.2) is 46.6 Å². The van der Waals surface area contributed by atoms with E-state index in [0.717, 1.165) is 30.3 Å². The van der Waals surface area contributed by atoms with Gasteiger partial charge in [0.15, 0.2) is 4.77 Å². The van der Waals surface area contributed by atoms with Crippen molar-refractivity contribution in [2.24, 2.45) is 0 Å². The topological polar surface area (TPSA) is 66.9 Å². The van der Waals surface area contributed by atoms with Crippen molar-refractivity contribution in [3.63, 3.8) is 0 Å². The third-order valence-electron chi connectivity index (χ3n) is 4.55. The van der Waals surface area contributed by atoms with Crippen LogP contribution in [0.3, 0.4) is 0 Å². The Kier molecular flexibility index (Phi) is 6.58. The number of hydrogen-bond acceptors (Lipinski definition) is 4. The summed E-state index contributed by atoms with van der Waals surface area (Å²) in [4.78, 5) is 27.7. The fraction of sp³-hybridized carbons (Fsp3) is 0.350. The van der Waals surface area contributed by atoms with Gasteiger partial charge in [0.05, 0.1) is 11.6 Å². The lowest BCUT2D eigenvalue weighted by atomic mass is 10.1. The molecule has 0 bridgehead atoms. The molecule has 3 aromatic rings. The molecule has 1 aromatic carbocycles. The number of benzene rings is 1. The molecule has 1 amide bonds. The quantitative estimate of drug-likeness (QED) is 0.430. The maximum Gasteiger partial charge on any atom is 0.272 e. The van der Waals surface area contributed by atoms with Gasteiger partial charge >= 0.3 is 0 Å². The summed E-state index contributed by atoms with van der Waals surface area (Å²) in [5, 5.41) is 4.91. The number of aromatic nitrogens is 2. The molecule has 142 valence electrons. The second kappa shape index (κ2) is 9.10. The minimum atomic E-state index is -0.0295. The highest BCUT2D eigenvalue weighted by Crippen LogP contribution is 2.15. The van der Waals surface area contributed by atoms with Gasteiger partial charge in [0, 0.05) is 13.0 Å². The van der Waals surface area contributed by atoms with E-state index in [1.165, 1.54) is 11.3 Å². The fourth-order valence-electron chi connectivity index (χ4n) is 3.04. The number of rotatable bonds is 8. The van der Waals surface area contributed by atoms with E-state index < -0.39 is 0 Å². The van der Waals surface area contributed by atoms with Crippen molar-refractivity contribution < 1.29 is 4.79 Å². The molecule has 0 aliphatic carbocycles. The Morgan fingerprint density at radius 1 is 1.22 bits per heavy atom. The van der Waals surface area contributed by atoms with Crippen LogP contribution in [-0.4, -0.2) is 15.5 Å².